The van der Waals surface area contributed by atoms with E-state index in [1.807, 2.05) is 24.7 Å². The van der Waals surface area contributed by atoms with Crippen LogP contribution < -0.4 is 5.32 Å². The molecule has 0 spiro atoms. The molecular formula is C15H19N3O2. The van der Waals surface area contributed by atoms with E-state index in [2.05, 4.69) is 14.9 Å². The Morgan fingerprint density at radius 1 is 1.30 bits per heavy atom. The highest BCUT2D eigenvalue weighted by Crippen LogP contribution is 2.08. The second-order valence-corrected chi connectivity index (χ2v) is 4.65. The maximum absolute atomic E-state index is 11.1. The average molecular weight is 273 g/mol. The Morgan fingerprint density at radius 3 is 2.90 bits per heavy atom. The number of nitrogens with zero attached hydrogens (tertiary/aromatic N) is 2. The maximum Gasteiger partial charge on any atom is 0.336 e. The normalized spacial score (nSPS) is 10.6. The van der Waals surface area contributed by atoms with Gasteiger partial charge in [-0.3, -0.25) is 0 Å². The molecule has 5 heteroatoms. The van der Waals surface area contributed by atoms with E-state index in [1.165, 1.54) is 0 Å². The van der Waals surface area contributed by atoms with Gasteiger partial charge in [-0.1, -0.05) is 18.2 Å². The van der Waals surface area contributed by atoms with Crippen molar-refractivity contribution in [3.63, 3.8) is 0 Å². The molecule has 2 aromatic rings. The summed E-state index contributed by atoms with van der Waals surface area (Å²) in [6, 6.07) is 7.10. The first-order chi connectivity index (χ1) is 9.77. The lowest BCUT2D eigenvalue weighted by molar-refractivity contribution is 0.0695. The number of carbonyl (C=O) groups is 1. The molecule has 0 amide bonds. The number of aromatic nitrogens is 2. The predicted molar refractivity (Wildman–Crippen MR) is 76.6 cm³/mol. The van der Waals surface area contributed by atoms with Crippen LogP contribution in [0.3, 0.4) is 0 Å². The van der Waals surface area contributed by atoms with E-state index in [0.717, 1.165) is 31.5 Å². The Hall–Kier alpha value is -2.14. The summed E-state index contributed by atoms with van der Waals surface area (Å²) in [6.07, 6.45) is 7.67. The van der Waals surface area contributed by atoms with Crippen LogP contribution in [-0.2, 0) is 13.1 Å². The molecular weight excluding hydrogens is 254 g/mol. The number of carboxylic acid groups (broad SMARTS) is 1. The molecule has 1 heterocycles. The summed E-state index contributed by atoms with van der Waals surface area (Å²) in [6.45, 7) is 2.43. The predicted octanol–water partition coefficient (Wildman–Crippen LogP) is 2.15. The third kappa shape index (κ3) is 4.20. The minimum absolute atomic E-state index is 0.374. The zero-order chi connectivity index (χ0) is 14.2. The Bertz CT molecular complexity index is 538. The maximum atomic E-state index is 11.1. The number of hydrogen-bond donors (Lipinski definition) is 2. The summed E-state index contributed by atoms with van der Waals surface area (Å²) in [5.41, 5.74) is 1.20. The second kappa shape index (κ2) is 7.45. The van der Waals surface area contributed by atoms with Crippen molar-refractivity contribution in [3.05, 3.63) is 54.1 Å². The number of aryl methyl sites for hydroxylation is 1. The molecule has 0 aliphatic rings. The number of aromatic carboxylic acids is 1. The fraction of sp³-hybridized carbons (Fsp3) is 0.333. The molecule has 0 unspecified atom stereocenters. The first kappa shape index (κ1) is 14.3. The molecule has 0 radical (unpaired) electrons. The topological polar surface area (TPSA) is 67.2 Å². The Kier molecular flexibility index (Phi) is 5.32. The zero-order valence-electron chi connectivity index (χ0n) is 11.3. The third-order valence-electron chi connectivity index (χ3n) is 3.14. The number of unbranched alkanes of at least 4 members (excludes halogenated alkanes) is 1. The van der Waals surface area contributed by atoms with E-state index in [0.29, 0.717) is 12.1 Å². The summed E-state index contributed by atoms with van der Waals surface area (Å²) in [5, 5.41) is 12.4. The van der Waals surface area contributed by atoms with Gasteiger partial charge in [0.15, 0.2) is 0 Å². The van der Waals surface area contributed by atoms with Crippen LogP contribution >= 0.6 is 0 Å². The molecule has 0 aliphatic carbocycles. The van der Waals surface area contributed by atoms with Crippen LogP contribution in [0, 0.1) is 0 Å². The van der Waals surface area contributed by atoms with Gasteiger partial charge in [-0.25, -0.2) is 9.78 Å². The van der Waals surface area contributed by atoms with Crippen LogP contribution in [0.2, 0.25) is 0 Å². The van der Waals surface area contributed by atoms with Crippen molar-refractivity contribution in [2.24, 2.45) is 0 Å². The molecule has 106 valence electrons. The van der Waals surface area contributed by atoms with Crippen molar-refractivity contribution >= 4 is 5.97 Å². The highest BCUT2D eigenvalue weighted by Gasteiger charge is 2.07. The monoisotopic (exact) mass is 273 g/mol. The van der Waals surface area contributed by atoms with Gasteiger partial charge in [0.1, 0.15) is 0 Å². The van der Waals surface area contributed by atoms with E-state index < -0.39 is 5.97 Å². The fourth-order valence-corrected chi connectivity index (χ4v) is 2.07. The summed E-state index contributed by atoms with van der Waals surface area (Å²) in [5.74, 6) is -0.873. The molecule has 1 aromatic heterocycles. The van der Waals surface area contributed by atoms with Crippen LogP contribution in [0.15, 0.2) is 43.0 Å². The standard InChI is InChI=1S/C15H19N3O2/c19-15(20)14-6-2-1-5-13(14)11-16-7-3-4-9-18-10-8-17-12-18/h1-2,5-6,8,10,12,16H,3-4,7,9,11H2,(H,19,20). The first-order valence-electron chi connectivity index (χ1n) is 6.75. The molecule has 2 N–H and O–H groups in total. The smallest absolute Gasteiger partial charge is 0.336 e. The summed E-state index contributed by atoms with van der Waals surface area (Å²) in [7, 11) is 0. The van der Waals surface area contributed by atoms with Crippen molar-refractivity contribution in [3.8, 4) is 0 Å². The Morgan fingerprint density at radius 2 is 2.15 bits per heavy atom. The van der Waals surface area contributed by atoms with Crippen LogP contribution in [0.5, 0.6) is 0 Å². The lowest BCUT2D eigenvalue weighted by Gasteiger charge is -2.08. The van der Waals surface area contributed by atoms with Gasteiger partial charge in [-0.05, 0) is 31.0 Å². The number of benzene rings is 1. The zero-order valence-corrected chi connectivity index (χ0v) is 11.3. The molecule has 0 bridgehead atoms. The molecule has 1 aromatic carbocycles. The summed E-state index contributed by atoms with van der Waals surface area (Å²) in [4.78, 5) is 15.0. The van der Waals surface area contributed by atoms with Gasteiger partial charge in [-0.2, -0.15) is 0 Å². The lowest BCUT2D eigenvalue weighted by Crippen LogP contribution is -2.17. The highest BCUT2D eigenvalue weighted by molar-refractivity contribution is 5.89. The molecule has 2 rings (SSSR count). The van der Waals surface area contributed by atoms with Gasteiger partial charge in [0.05, 0.1) is 11.9 Å². The van der Waals surface area contributed by atoms with Crippen molar-refractivity contribution in [2.45, 2.75) is 25.9 Å². The Labute approximate surface area is 118 Å². The third-order valence-corrected chi connectivity index (χ3v) is 3.14. The van der Waals surface area contributed by atoms with Crippen molar-refractivity contribution in [1.82, 2.24) is 14.9 Å². The second-order valence-electron chi connectivity index (χ2n) is 4.65. The summed E-state index contributed by atoms with van der Waals surface area (Å²) >= 11 is 0. The van der Waals surface area contributed by atoms with Gasteiger partial charge in [0.25, 0.3) is 0 Å². The minimum Gasteiger partial charge on any atom is -0.478 e. The number of nitrogens with one attached hydrogen (secondary N) is 1. The quantitative estimate of drug-likeness (QED) is 0.723. The van der Waals surface area contributed by atoms with Gasteiger partial charge < -0.3 is 15.0 Å². The Balaban J connectivity index is 1.67. The van der Waals surface area contributed by atoms with E-state index >= 15 is 0 Å². The summed E-state index contributed by atoms with van der Waals surface area (Å²) < 4.78 is 2.06. The van der Waals surface area contributed by atoms with E-state index in [1.54, 1.807) is 18.3 Å². The van der Waals surface area contributed by atoms with E-state index in [9.17, 15) is 4.79 Å². The average Bonchev–Trinajstić information content (AvgIpc) is 2.96. The SMILES string of the molecule is O=C(O)c1ccccc1CNCCCCn1ccnc1. The van der Waals surface area contributed by atoms with Crippen molar-refractivity contribution < 1.29 is 9.90 Å². The molecule has 20 heavy (non-hydrogen) atoms. The van der Waals surface area contributed by atoms with Gasteiger partial charge in [-0.15, -0.1) is 0 Å². The fourth-order valence-electron chi connectivity index (χ4n) is 2.07. The largest absolute Gasteiger partial charge is 0.478 e. The van der Waals surface area contributed by atoms with Crippen molar-refractivity contribution in [1.29, 1.82) is 0 Å². The highest BCUT2D eigenvalue weighted by atomic mass is 16.4. The van der Waals surface area contributed by atoms with Gasteiger partial charge >= 0.3 is 5.97 Å². The van der Waals surface area contributed by atoms with Crippen LogP contribution in [-0.4, -0.2) is 27.2 Å². The molecule has 0 saturated carbocycles. The van der Waals surface area contributed by atoms with E-state index in [4.69, 9.17) is 5.11 Å². The molecule has 0 aliphatic heterocycles. The molecule has 0 atom stereocenters. The van der Waals surface area contributed by atoms with Gasteiger partial charge in [0, 0.05) is 25.5 Å². The number of imidazole rings is 1. The first-order valence-corrected chi connectivity index (χ1v) is 6.75. The lowest BCUT2D eigenvalue weighted by atomic mass is 10.1. The molecule has 5 nitrogen and oxygen atoms in total. The van der Waals surface area contributed by atoms with Crippen LogP contribution in [0.25, 0.3) is 0 Å². The van der Waals surface area contributed by atoms with E-state index in [-0.39, 0.29) is 0 Å². The number of hydrogen-bond acceptors (Lipinski definition) is 3. The molecule has 0 saturated heterocycles. The minimum atomic E-state index is -0.873. The van der Waals surface area contributed by atoms with Crippen molar-refractivity contribution in [2.75, 3.05) is 6.54 Å². The number of rotatable bonds is 8. The number of carboxylic acids is 1. The molecule has 0 fully saturated rings. The van der Waals surface area contributed by atoms with Crippen LogP contribution in [0.1, 0.15) is 28.8 Å². The van der Waals surface area contributed by atoms with Crippen LogP contribution in [0.4, 0.5) is 0 Å². The van der Waals surface area contributed by atoms with Gasteiger partial charge in [0.2, 0.25) is 0 Å².